The molecule has 2 aliphatic rings. The molecule has 0 spiro atoms. The molecule has 1 saturated heterocycles. The van der Waals surface area contributed by atoms with Gasteiger partial charge in [-0.3, -0.25) is 14.5 Å². The van der Waals surface area contributed by atoms with Crippen molar-refractivity contribution in [3.63, 3.8) is 0 Å². The van der Waals surface area contributed by atoms with Crippen LogP contribution in [0, 0.1) is 0 Å². The molecule has 0 bridgehead atoms. The van der Waals surface area contributed by atoms with Crippen LogP contribution in [-0.2, 0) is 24.3 Å². The zero-order chi connectivity index (χ0) is 18.0. The predicted molar refractivity (Wildman–Crippen MR) is 94.1 cm³/mol. The van der Waals surface area contributed by atoms with E-state index in [1.54, 1.807) is 19.1 Å². The summed E-state index contributed by atoms with van der Waals surface area (Å²) in [5, 5.41) is 0. The highest BCUT2D eigenvalue weighted by molar-refractivity contribution is 8.00. The molecule has 0 atom stereocenters. The van der Waals surface area contributed by atoms with E-state index in [0.717, 1.165) is 17.7 Å². The molecule has 3 rings (SSSR count). The Morgan fingerprint density at radius 1 is 1.28 bits per heavy atom. The van der Waals surface area contributed by atoms with Gasteiger partial charge in [0.05, 0.1) is 22.9 Å². The summed E-state index contributed by atoms with van der Waals surface area (Å²) in [6.07, 6.45) is 1.71. The number of amides is 1. The quantitative estimate of drug-likeness (QED) is 0.715. The first-order valence-corrected chi connectivity index (χ1v) is 10.6. The number of carbonyl (C=O) groups is 2. The van der Waals surface area contributed by atoms with Crippen LogP contribution in [0.3, 0.4) is 0 Å². The van der Waals surface area contributed by atoms with Crippen molar-refractivity contribution >= 4 is 39.3 Å². The molecule has 0 aromatic heterocycles. The Hall–Kier alpha value is -1.58. The minimum atomic E-state index is -3.58. The Morgan fingerprint density at radius 2 is 2.00 bits per heavy atom. The number of benzene rings is 1. The number of hydrogen-bond donors (Lipinski definition) is 0. The fourth-order valence-corrected chi connectivity index (χ4v) is 5.38. The van der Waals surface area contributed by atoms with E-state index >= 15 is 0 Å². The molecular formula is C16H20N2O5S2. The summed E-state index contributed by atoms with van der Waals surface area (Å²) in [5.74, 6) is -0.535. The van der Waals surface area contributed by atoms with E-state index in [9.17, 15) is 18.0 Å². The zero-order valence-electron chi connectivity index (χ0n) is 13.9. The maximum atomic E-state index is 12.8. The second-order valence-corrected chi connectivity index (χ2v) is 8.77. The third-order valence-corrected chi connectivity index (χ3v) is 7.11. The van der Waals surface area contributed by atoms with Gasteiger partial charge in [-0.1, -0.05) is 0 Å². The average molecular weight is 384 g/mol. The normalized spacial score (nSPS) is 18.3. The van der Waals surface area contributed by atoms with Gasteiger partial charge in [-0.25, -0.2) is 8.42 Å². The Labute approximate surface area is 151 Å². The van der Waals surface area contributed by atoms with Crippen LogP contribution in [0.5, 0.6) is 0 Å². The number of carbonyl (C=O) groups excluding carboxylic acids is 2. The van der Waals surface area contributed by atoms with E-state index in [0.29, 0.717) is 18.8 Å². The zero-order valence-corrected chi connectivity index (χ0v) is 15.6. The lowest BCUT2D eigenvalue weighted by Crippen LogP contribution is -2.40. The van der Waals surface area contributed by atoms with Crippen LogP contribution < -0.4 is 4.90 Å². The molecule has 0 N–H and O–H groups in total. The largest absolute Gasteiger partial charge is 0.465 e. The minimum absolute atomic E-state index is 0.150. The van der Waals surface area contributed by atoms with Crippen LogP contribution in [0.25, 0.3) is 0 Å². The molecule has 2 aliphatic heterocycles. The van der Waals surface area contributed by atoms with Gasteiger partial charge in [-0.2, -0.15) is 4.31 Å². The number of nitrogens with zero attached hydrogens (tertiary/aromatic N) is 2. The van der Waals surface area contributed by atoms with Gasteiger partial charge in [0.1, 0.15) is 6.54 Å². The van der Waals surface area contributed by atoms with Gasteiger partial charge < -0.3 is 4.74 Å². The fraction of sp³-hybridized carbons (Fsp3) is 0.500. The lowest BCUT2D eigenvalue weighted by molar-refractivity contribution is -0.142. The molecule has 1 aromatic carbocycles. The maximum Gasteiger partial charge on any atom is 0.326 e. The van der Waals surface area contributed by atoms with Crippen LogP contribution in [-0.4, -0.2) is 56.6 Å². The van der Waals surface area contributed by atoms with Gasteiger partial charge in [-0.05, 0) is 38.0 Å². The topological polar surface area (TPSA) is 84.0 Å². The summed E-state index contributed by atoms with van der Waals surface area (Å²) < 4.78 is 31.9. The van der Waals surface area contributed by atoms with E-state index in [1.165, 1.54) is 27.0 Å². The Kier molecular flexibility index (Phi) is 5.35. The molecule has 1 amide bonds. The molecule has 136 valence electrons. The van der Waals surface area contributed by atoms with Crippen LogP contribution in [0.4, 0.5) is 5.69 Å². The van der Waals surface area contributed by atoms with Crippen molar-refractivity contribution in [2.24, 2.45) is 0 Å². The first-order valence-electron chi connectivity index (χ1n) is 8.16. The van der Waals surface area contributed by atoms with Gasteiger partial charge in [-0.15, -0.1) is 11.8 Å². The highest BCUT2D eigenvalue weighted by Gasteiger charge is 2.31. The minimum Gasteiger partial charge on any atom is -0.465 e. The van der Waals surface area contributed by atoms with Crippen molar-refractivity contribution in [2.75, 3.05) is 36.9 Å². The second-order valence-electron chi connectivity index (χ2n) is 5.81. The number of ether oxygens (including phenoxy) is 1. The van der Waals surface area contributed by atoms with Gasteiger partial charge in [0.15, 0.2) is 0 Å². The summed E-state index contributed by atoms with van der Waals surface area (Å²) in [7, 11) is -3.58. The number of sulfonamides is 1. The molecule has 0 radical (unpaired) electrons. The number of esters is 1. The number of anilines is 1. The highest BCUT2D eigenvalue weighted by atomic mass is 32.2. The average Bonchev–Trinajstić information content (AvgIpc) is 3.12. The molecule has 1 fully saturated rings. The first kappa shape index (κ1) is 18.2. The van der Waals surface area contributed by atoms with Crippen LogP contribution in [0.15, 0.2) is 28.0 Å². The molecule has 25 heavy (non-hydrogen) atoms. The SMILES string of the molecule is CCOC(=O)CN1C(=O)CSc2ccc(S(=O)(=O)N3CCCC3)cc21. The molecule has 2 heterocycles. The van der Waals surface area contributed by atoms with Crippen molar-refractivity contribution in [2.45, 2.75) is 29.6 Å². The fourth-order valence-electron chi connectivity index (χ4n) is 2.93. The van der Waals surface area contributed by atoms with Crippen molar-refractivity contribution in [1.82, 2.24) is 4.31 Å². The number of thioether (sulfide) groups is 1. The van der Waals surface area contributed by atoms with E-state index in [4.69, 9.17) is 4.74 Å². The molecule has 0 saturated carbocycles. The van der Waals surface area contributed by atoms with E-state index < -0.39 is 16.0 Å². The lowest BCUT2D eigenvalue weighted by Gasteiger charge is -2.29. The molecule has 7 nitrogen and oxygen atoms in total. The summed E-state index contributed by atoms with van der Waals surface area (Å²) in [5.41, 5.74) is 0.453. The maximum absolute atomic E-state index is 12.8. The van der Waals surface area contributed by atoms with Crippen LogP contribution >= 0.6 is 11.8 Å². The van der Waals surface area contributed by atoms with Gasteiger partial charge >= 0.3 is 5.97 Å². The lowest BCUT2D eigenvalue weighted by atomic mass is 10.2. The van der Waals surface area contributed by atoms with Crippen molar-refractivity contribution in [3.8, 4) is 0 Å². The second kappa shape index (κ2) is 7.35. The van der Waals surface area contributed by atoms with E-state index in [2.05, 4.69) is 0 Å². The molecule has 0 unspecified atom stereocenters. The van der Waals surface area contributed by atoms with E-state index in [-0.39, 0.29) is 29.7 Å². The smallest absolute Gasteiger partial charge is 0.326 e. The number of hydrogen-bond acceptors (Lipinski definition) is 6. The predicted octanol–water partition coefficient (Wildman–Crippen LogP) is 1.47. The van der Waals surface area contributed by atoms with E-state index in [1.807, 2.05) is 0 Å². The Balaban J connectivity index is 1.95. The standard InChI is InChI=1S/C16H20N2O5S2/c1-2-23-16(20)10-18-13-9-12(5-6-14(13)24-11-15(18)19)25(21,22)17-7-3-4-8-17/h5-6,9H,2-4,7-8,10-11H2,1H3. The monoisotopic (exact) mass is 384 g/mol. The Bertz CT molecular complexity index is 788. The summed E-state index contributed by atoms with van der Waals surface area (Å²) in [4.78, 5) is 26.3. The third kappa shape index (κ3) is 3.68. The van der Waals surface area contributed by atoms with Crippen molar-refractivity contribution < 1.29 is 22.7 Å². The van der Waals surface area contributed by atoms with Gasteiger partial charge in [0.25, 0.3) is 0 Å². The summed E-state index contributed by atoms with van der Waals surface area (Å²) in [6.45, 7) is 2.74. The van der Waals surface area contributed by atoms with Gasteiger partial charge in [0, 0.05) is 18.0 Å². The summed E-state index contributed by atoms with van der Waals surface area (Å²) >= 11 is 1.34. The third-order valence-electron chi connectivity index (χ3n) is 4.17. The number of fused-ring (bicyclic) bond motifs is 1. The molecular weight excluding hydrogens is 364 g/mol. The van der Waals surface area contributed by atoms with Crippen LogP contribution in [0.2, 0.25) is 0 Å². The summed E-state index contributed by atoms with van der Waals surface area (Å²) in [6, 6.07) is 4.76. The van der Waals surface area contributed by atoms with Crippen molar-refractivity contribution in [3.05, 3.63) is 18.2 Å². The van der Waals surface area contributed by atoms with Crippen molar-refractivity contribution in [1.29, 1.82) is 0 Å². The Morgan fingerprint density at radius 3 is 2.68 bits per heavy atom. The molecule has 1 aromatic rings. The number of rotatable bonds is 5. The molecule has 0 aliphatic carbocycles. The van der Waals surface area contributed by atoms with Gasteiger partial charge in [0.2, 0.25) is 15.9 Å². The molecule has 9 heteroatoms. The first-order chi connectivity index (χ1) is 11.9. The highest BCUT2D eigenvalue weighted by Crippen LogP contribution is 2.37. The van der Waals surface area contributed by atoms with Crippen LogP contribution in [0.1, 0.15) is 19.8 Å².